The molecule has 0 aliphatic rings. The number of aromatic amines is 2. The quantitative estimate of drug-likeness (QED) is 0.107. The summed E-state index contributed by atoms with van der Waals surface area (Å²) in [6, 6.07) is 16.8. The molecule has 4 rings (SSSR count). The zero-order valence-corrected chi connectivity index (χ0v) is 21.6. The molecule has 0 spiro atoms. The van der Waals surface area contributed by atoms with Gasteiger partial charge in [0.15, 0.2) is 0 Å². The van der Waals surface area contributed by atoms with E-state index in [4.69, 9.17) is 9.94 Å². The molecule has 2 aromatic heterocycles. The second-order valence-electron chi connectivity index (χ2n) is 8.21. The number of benzene rings is 2. The van der Waals surface area contributed by atoms with Crippen molar-refractivity contribution in [1.82, 2.24) is 25.0 Å². The number of nitrogens with zero attached hydrogens (tertiary/aromatic N) is 2. The van der Waals surface area contributed by atoms with Gasteiger partial charge in [0.1, 0.15) is 11.9 Å². The molecule has 0 aliphatic carbocycles. The Balaban J connectivity index is 1.73. The van der Waals surface area contributed by atoms with E-state index in [0.717, 1.165) is 20.4 Å². The monoisotopic (exact) mass is 603 g/mol. The average Bonchev–Trinajstić information content (AvgIpc) is 3.46. The Morgan fingerprint density at radius 1 is 1.17 bits per heavy atom. The molecule has 10 nitrogen and oxygen atoms in total. The summed E-state index contributed by atoms with van der Waals surface area (Å²) in [5.74, 6) is -0.731. The van der Waals surface area contributed by atoms with Crippen LogP contribution in [-0.4, -0.2) is 48.9 Å². The fourth-order valence-electron chi connectivity index (χ4n) is 4.03. The van der Waals surface area contributed by atoms with Gasteiger partial charge in [0.05, 0.1) is 37.2 Å². The molecule has 2 heterocycles. The number of hydrogen-bond donors (Lipinski definition) is 5. The van der Waals surface area contributed by atoms with E-state index in [2.05, 4.69) is 43.0 Å². The van der Waals surface area contributed by atoms with Crippen LogP contribution in [0.4, 0.5) is 0 Å². The maximum absolute atomic E-state index is 13.1. The zero-order chi connectivity index (χ0) is 25.7. The van der Waals surface area contributed by atoms with Crippen LogP contribution < -0.4 is 11.2 Å². The van der Waals surface area contributed by atoms with Gasteiger partial charge in [-0.25, -0.2) is 15.3 Å². The Labute approximate surface area is 220 Å². The molecule has 0 saturated heterocycles. The molecule has 5 N–H and O–H groups in total. The average molecular weight is 603 g/mol. The molecule has 2 aromatic carbocycles. The van der Waals surface area contributed by atoms with Crippen LogP contribution in [-0.2, 0) is 16.1 Å². The van der Waals surface area contributed by atoms with Gasteiger partial charge in [-0.2, -0.15) is 0 Å². The normalized spacial score (nSPS) is 12.9. The van der Waals surface area contributed by atoms with Crippen molar-refractivity contribution in [3.8, 4) is 17.1 Å². The van der Waals surface area contributed by atoms with Gasteiger partial charge < -0.3 is 20.2 Å². The lowest BCUT2D eigenvalue weighted by molar-refractivity contribution is -0.133. The van der Waals surface area contributed by atoms with Gasteiger partial charge in [-0.3, -0.25) is 14.2 Å². The second-order valence-corrected chi connectivity index (χ2v) is 9.46. The summed E-state index contributed by atoms with van der Waals surface area (Å²) in [6.07, 6.45) is 1.38. The van der Waals surface area contributed by atoms with Crippen LogP contribution in [0.2, 0.25) is 0 Å². The number of carbonyl (C=O) groups excluding carboxylic acids is 1. The summed E-state index contributed by atoms with van der Waals surface area (Å²) >= 11 is 2.24. The largest absolute Gasteiger partial charge is 0.493 e. The Hall–Kier alpha value is -3.42. The number of aromatic hydroxyl groups is 1. The van der Waals surface area contributed by atoms with Crippen molar-refractivity contribution >= 4 is 28.5 Å². The second kappa shape index (κ2) is 11.5. The number of rotatable bonds is 10. The van der Waals surface area contributed by atoms with Crippen molar-refractivity contribution in [2.24, 2.45) is 0 Å². The van der Waals surface area contributed by atoms with Gasteiger partial charge in [0, 0.05) is 9.49 Å². The molecule has 2 atom stereocenters. The van der Waals surface area contributed by atoms with Gasteiger partial charge >= 0.3 is 5.69 Å². The number of amides is 1. The van der Waals surface area contributed by atoms with Gasteiger partial charge in [-0.1, -0.05) is 49.4 Å². The lowest BCUT2D eigenvalue weighted by atomic mass is 9.92. The fourth-order valence-corrected chi connectivity index (χ4v) is 4.39. The van der Waals surface area contributed by atoms with Crippen LogP contribution in [0.25, 0.3) is 11.3 Å². The van der Waals surface area contributed by atoms with Crippen LogP contribution >= 0.6 is 22.6 Å². The van der Waals surface area contributed by atoms with Gasteiger partial charge in [-0.15, -0.1) is 0 Å². The highest BCUT2D eigenvalue weighted by Gasteiger charge is 2.31. The SMILES string of the molecule is C[C@@H](c1ccccc1)[C@@H](c1ncc(-c2ccc(I)cc2)[nH]1)n1c(O)c(CC(=O)NOCCO)[nH]c1=O. The van der Waals surface area contributed by atoms with Crippen molar-refractivity contribution < 1.29 is 19.8 Å². The van der Waals surface area contributed by atoms with E-state index in [1.54, 1.807) is 6.20 Å². The van der Waals surface area contributed by atoms with Crippen LogP contribution in [0, 0.1) is 3.57 Å². The van der Waals surface area contributed by atoms with Crippen molar-refractivity contribution in [2.75, 3.05) is 13.2 Å². The van der Waals surface area contributed by atoms with E-state index >= 15 is 0 Å². The first-order chi connectivity index (χ1) is 17.4. The maximum Gasteiger partial charge on any atom is 0.329 e. The number of hydroxylamine groups is 1. The molecule has 1 amide bonds. The molecule has 0 bridgehead atoms. The summed E-state index contributed by atoms with van der Waals surface area (Å²) in [5.41, 5.74) is 4.28. The predicted molar refractivity (Wildman–Crippen MR) is 141 cm³/mol. The van der Waals surface area contributed by atoms with Crippen molar-refractivity contribution in [3.05, 3.63) is 91.9 Å². The lowest BCUT2D eigenvalue weighted by Gasteiger charge is -2.24. The van der Waals surface area contributed by atoms with Crippen LogP contribution in [0.3, 0.4) is 0 Å². The predicted octanol–water partition coefficient (Wildman–Crippen LogP) is 2.85. The van der Waals surface area contributed by atoms with Crippen molar-refractivity contribution in [1.29, 1.82) is 0 Å². The molecule has 0 saturated carbocycles. The first-order valence-electron chi connectivity index (χ1n) is 11.3. The fraction of sp³-hybridized carbons (Fsp3) is 0.240. The Morgan fingerprint density at radius 3 is 2.58 bits per heavy atom. The molecular formula is C25H26IN5O5. The number of H-pyrrole nitrogens is 2. The van der Waals surface area contributed by atoms with E-state index in [9.17, 15) is 14.7 Å². The van der Waals surface area contributed by atoms with E-state index < -0.39 is 17.6 Å². The topological polar surface area (TPSA) is 145 Å². The summed E-state index contributed by atoms with van der Waals surface area (Å²) in [4.78, 5) is 40.5. The number of aromatic nitrogens is 4. The molecule has 0 aliphatic heterocycles. The standard InChI is InChI=1S/C25H26IN5O5/c1-15(16-5-3-2-4-6-16)22(23-27-14-20(28-23)17-7-9-18(26)10-8-17)31-24(34)19(29-25(31)35)13-21(33)30-36-12-11-32/h2-10,14-15,22,32,34H,11-13H2,1H3,(H,27,28)(H,29,35)(H,30,33)/t15-,22-/m0/s1. The zero-order valence-electron chi connectivity index (χ0n) is 19.4. The number of aliphatic hydroxyl groups is 1. The number of carbonyl (C=O) groups is 1. The van der Waals surface area contributed by atoms with Gasteiger partial charge in [0.2, 0.25) is 11.8 Å². The Morgan fingerprint density at radius 2 is 1.89 bits per heavy atom. The number of imidazole rings is 2. The van der Waals surface area contributed by atoms with Gasteiger partial charge in [0.25, 0.3) is 0 Å². The summed E-state index contributed by atoms with van der Waals surface area (Å²) in [7, 11) is 0. The number of halogens is 1. The van der Waals surface area contributed by atoms with E-state index in [1.807, 2.05) is 61.5 Å². The van der Waals surface area contributed by atoms with Crippen molar-refractivity contribution in [2.45, 2.75) is 25.3 Å². The van der Waals surface area contributed by atoms with Crippen LogP contribution in [0.1, 0.15) is 36.0 Å². The highest BCUT2D eigenvalue weighted by molar-refractivity contribution is 14.1. The minimum atomic E-state index is -0.698. The molecule has 188 valence electrons. The highest BCUT2D eigenvalue weighted by atomic mass is 127. The molecule has 0 unspecified atom stereocenters. The summed E-state index contributed by atoms with van der Waals surface area (Å²) in [5, 5.41) is 19.8. The van der Waals surface area contributed by atoms with E-state index in [1.165, 1.54) is 4.57 Å². The number of hydrogen-bond acceptors (Lipinski definition) is 6. The maximum atomic E-state index is 13.1. The van der Waals surface area contributed by atoms with E-state index in [0.29, 0.717) is 5.82 Å². The molecule has 11 heteroatoms. The van der Waals surface area contributed by atoms with Gasteiger partial charge in [-0.05, 0) is 45.9 Å². The van der Waals surface area contributed by atoms with Crippen LogP contribution in [0.5, 0.6) is 5.88 Å². The molecular weight excluding hydrogens is 577 g/mol. The summed E-state index contributed by atoms with van der Waals surface area (Å²) in [6.45, 7) is 1.61. The van der Waals surface area contributed by atoms with Crippen LogP contribution in [0.15, 0.2) is 65.6 Å². The molecule has 0 radical (unpaired) electrons. The minimum Gasteiger partial charge on any atom is -0.493 e. The Bertz CT molecular complexity index is 1360. The smallest absolute Gasteiger partial charge is 0.329 e. The third-order valence-corrected chi connectivity index (χ3v) is 6.52. The highest BCUT2D eigenvalue weighted by Crippen LogP contribution is 2.36. The minimum absolute atomic E-state index is 0.0415. The molecule has 4 aromatic rings. The summed E-state index contributed by atoms with van der Waals surface area (Å²) < 4.78 is 2.32. The first kappa shape index (κ1) is 25.7. The molecule has 0 fully saturated rings. The number of nitrogens with one attached hydrogen (secondary N) is 3. The van der Waals surface area contributed by atoms with E-state index in [-0.39, 0.29) is 37.1 Å². The Kier molecular flexibility index (Phi) is 8.23. The third-order valence-electron chi connectivity index (χ3n) is 5.80. The third kappa shape index (κ3) is 5.69. The number of aliphatic hydroxyl groups excluding tert-OH is 1. The lowest BCUT2D eigenvalue weighted by Crippen LogP contribution is -2.27. The van der Waals surface area contributed by atoms with Crippen molar-refractivity contribution in [3.63, 3.8) is 0 Å². The first-order valence-corrected chi connectivity index (χ1v) is 12.4. The molecule has 36 heavy (non-hydrogen) atoms.